The Morgan fingerprint density at radius 3 is 2.17 bits per heavy atom. The van der Waals surface area contributed by atoms with E-state index < -0.39 is 5.82 Å². The second-order valence-electron chi connectivity index (χ2n) is 2.09. The zero-order valence-electron chi connectivity index (χ0n) is 5.88. The summed E-state index contributed by atoms with van der Waals surface area (Å²) in [7, 11) is 0. The van der Waals surface area contributed by atoms with Gasteiger partial charge in [0.15, 0.2) is 12.6 Å². The highest BCUT2D eigenvalue weighted by molar-refractivity contribution is 14.1. The number of carbonyl (C=O) groups excluding carboxylic acids is 2. The van der Waals surface area contributed by atoms with E-state index in [0.717, 1.165) is 0 Å². The number of halogens is 2. The van der Waals surface area contributed by atoms with Gasteiger partial charge in [-0.15, -0.1) is 0 Å². The van der Waals surface area contributed by atoms with Gasteiger partial charge in [0.25, 0.3) is 0 Å². The molecule has 0 unspecified atom stereocenters. The quantitative estimate of drug-likeness (QED) is 0.613. The van der Waals surface area contributed by atoms with E-state index in [1.54, 1.807) is 0 Å². The van der Waals surface area contributed by atoms with Crippen LogP contribution in [0.3, 0.4) is 0 Å². The molecule has 0 aliphatic carbocycles. The van der Waals surface area contributed by atoms with Gasteiger partial charge in [-0.05, 0) is 34.7 Å². The van der Waals surface area contributed by atoms with Crippen LogP contribution in [0.2, 0.25) is 0 Å². The molecular weight excluding hydrogens is 274 g/mol. The summed E-state index contributed by atoms with van der Waals surface area (Å²) in [5.74, 6) is -0.660. The van der Waals surface area contributed by atoms with Crippen molar-refractivity contribution in [1.29, 1.82) is 0 Å². The third kappa shape index (κ3) is 1.52. The molecule has 2 nitrogen and oxygen atoms in total. The third-order valence-corrected chi connectivity index (χ3v) is 2.36. The van der Waals surface area contributed by atoms with Crippen LogP contribution in [0.15, 0.2) is 12.1 Å². The first-order chi connectivity index (χ1) is 5.70. The molecule has 0 N–H and O–H groups in total. The minimum Gasteiger partial charge on any atom is -0.298 e. The monoisotopic (exact) mass is 278 g/mol. The van der Waals surface area contributed by atoms with Gasteiger partial charge in [0, 0.05) is 9.13 Å². The zero-order valence-corrected chi connectivity index (χ0v) is 8.04. The molecule has 0 saturated carbocycles. The minimum absolute atomic E-state index is 0.116. The first-order valence-electron chi connectivity index (χ1n) is 3.09. The molecule has 0 saturated heterocycles. The summed E-state index contributed by atoms with van der Waals surface area (Å²) in [6.07, 6.45) is 0.829. The van der Waals surface area contributed by atoms with Crippen molar-refractivity contribution in [2.45, 2.75) is 0 Å². The van der Waals surface area contributed by atoms with Crippen LogP contribution in [-0.2, 0) is 0 Å². The van der Waals surface area contributed by atoms with Crippen molar-refractivity contribution in [2.24, 2.45) is 0 Å². The van der Waals surface area contributed by atoms with Crippen molar-refractivity contribution in [3.63, 3.8) is 0 Å². The van der Waals surface area contributed by atoms with Crippen molar-refractivity contribution in [3.8, 4) is 0 Å². The van der Waals surface area contributed by atoms with E-state index in [9.17, 15) is 14.0 Å². The van der Waals surface area contributed by atoms with Crippen LogP contribution in [0, 0.1) is 9.39 Å². The molecule has 0 bridgehead atoms. The van der Waals surface area contributed by atoms with E-state index in [2.05, 4.69) is 0 Å². The largest absolute Gasteiger partial charge is 0.298 e. The third-order valence-electron chi connectivity index (χ3n) is 1.42. The molecule has 0 spiro atoms. The lowest BCUT2D eigenvalue weighted by molar-refractivity contribution is 0.109. The minimum atomic E-state index is -0.660. The fraction of sp³-hybridized carbons (Fsp3) is 0. The number of hydrogen-bond acceptors (Lipinski definition) is 2. The molecule has 0 heterocycles. The number of rotatable bonds is 2. The Balaban J connectivity index is 3.48. The summed E-state index contributed by atoms with van der Waals surface area (Å²) in [5.41, 5.74) is -0.0532. The molecule has 0 aliphatic rings. The smallest absolute Gasteiger partial charge is 0.153 e. The molecule has 0 radical (unpaired) electrons. The van der Waals surface area contributed by atoms with Crippen molar-refractivity contribution >= 4 is 35.2 Å². The van der Waals surface area contributed by atoms with Crippen molar-refractivity contribution in [1.82, 2.24) is 0 Å². The lowest BCUT2D eigenvalue weighted by atomic mass is 10.1. The molecule has 4 heteroatoms. The van der Waals surface area contributed by atoms with Gasteiger partial charge in [0.2, 0.25) is 0 Å². The molecule has 62 valence electrons. The number of carbonyl (C=O) groups is 2. The molecule has 0 aromatic heterocycles. The van der Waals surface area contributed by atoms with Crippen LogP contribution in [0.1, 0.15) is 20.7 Å². The highest BCUT2D eigenvalue weighted by Gasteiger charge is 2.09. The Morgan fingerprint density at radius 2 is 1.75 bits per heavy atom. The average molecular weight is 278 g/mol. The van der Waals surface area contributed by atoms with E-state index >= 15 is 0 Å². The van der Waals surface area contributed by atoms with Gasteiger partial charge in [-0.1, -0.05) is 0 Å². The van der Waals surface area contributed by atoms with Crippen molar-refractivity contribution < 1.29 is 14.0 Å². The fourth-order valence-corrected chi connectivity index (χ4v) is 1.42. The van der Waals surface area contributed by atoms with E-state index in [-0.39, 0.29) is 11.1 Å². The molecule has 1 rings (SSSR count). The Hall–Kier alpha value is -0.780. The van der Waals surface area contributed by atoms with E-state index in [4.69, 9.17) is 0 Å². The predicted octanol–water partition coefficient (Wildman–Crippen LogP) is 2.06. The number of benzene rings is 1. The van der Waals surface area contributed by atoms with Gasteiger partial charge in [-0.3, -0.25) is 9.59 Å². The SMILES string of the molecule is O=Cc1c(F)ccc(I)c1C=O. The van der Waals surface area contributed by atoms with Gasteiger partial charge >= 0.3 is 0 Å². The summed E-state index contributed by atoms with van der Waals surface area (Å²) < 4.78 is 13.4. The van der Waals surface area contributed by atoms with Gasteiger partial charge in [0.1, 0.15) is 5.82 Å². The maximum atomic E-state index is 12.8. The Bertz CT molecular complexity index is 303. The topological polar surface area (TPSA) is 34.1 Å². The van der Waals surface area contributed by atoms with Crippen LogP contribution in [-0.4, -0.2) is 12.6 Å². The van der Waals surface area contributed by atoms with Crippen molar-refractivity contribution in [3.05, 3.63) is 32.6 Å². The normalized spacial score (nSPS) is 9.50. The Labute approximate surface area is 81.9 Å². The molecule has 0 aliphatic heterocycles. The van der Waals surface area contributed by atoms with Gasteiger partial charge in [-0.25, -0.2) is 4.39 Å². The van der Waals surface area contributed by atoms with Crippen molar-refractivity contribution in [2.75, 3.05) is 0 Å². The molecule has 12 heavy (non-hydrogen) atoms. The molecule has 1 aromatic rings. The van der Waals surface area contributed by atoms with E-state index in [1.165, 1.54) is 12.1 Å². The van der Waals surface area contributed by atoms with Gasteiger partial charge in [0.05, 0.1) is 5.56 Å². The molecular formula is C8H4FIO2. The Kier molecular flexibility index (Phi) is 2.91. The molecule has 0 amide bonds. The van der Waals surface area contributed by atoms with Crippen LogP contribution < -0.4 is 0 Å². The lowest BCUT2D eigenvalue weighted by Gasteiger charge is -2.00. The fourth-order valence-electron chi connectivity index (χ4n) is 0.823. The maximum absolute atomic E-state index is 12.8. The Morgan fingerprint density at radius 1 is 1.17 bits per heavy atom. The van der Waals surface area contributed by atoms with E-state index in [1.807, 2.05) is 22.6 Å². The lowest BCUT2D eigenvalue weighted by Crippen LogP contribution is -1.98. The molecule has 0 fully saturated rings. The number of hydrogen-bond donors (Lipinski definition) is 0. The second kappa shape index (κ2) is 3.75. The molecule has 0 atom stereocenters. The van der Waals surface area contributed by atoms with Gasteiger partial charge in [-0.2, -0.15) is 0 Å². The van der Waals surface area contributed by atoms with Crippen LogP contribution in [0.25, 0.3) is 0 Å². The summed E-state index contributed by atoms with van der Waals surface area (Å²) in [4.78, 5) is 20.8. The maximum Gasteiger partial charge on any atom is 0.153 e. The van der Waals surface area contributed by atoms with Crippen LogP contribution >= 0.6 is 22.6 Å². The highest BCUT2D eigenvalue weighted by atomic mass is 127. The summed E-state index contributed by atoms with van der Waals surface area (Å²) >= 11 is 1.87. The predicted molar refractivity (Wildman–Crippen MR) is 49.9 cm³/mol. The molecule has 1 aromatic carbocycles. The van der Waals surface area contributed by atoms with Crippen LogP contribution in [0.5, 0.6) is 0 Å². The standard InChI is InChI=1S/C8H4FIO2/c9-7-1-2-8(10)6(4-12)5(7)3-11/h1-4H. The number of aldehydes is 2. The first-order valence-corrected chi connectivity index (χ1v) is 4.17. The summed E-state index contributed by atoms with van der Waals surface area (Å²) in [6, 6.07) is 2.62. The summed E-state index contributed by atoms with van der Waals surface area (Å²) in [5, 5.41) is 0. The first kappa shape index (κ1) is 9.31. The van der Waals surface area contributed by atoms with Gasteiger partial charge < -0.3 is 0 Å². The second-order valence-corrected chi connectivity index (χ2v) is 3.25. The van der Waals surface area contributed by atoms with E-state index in [0.29, 0.717) is 16.1 Å². The average Bonchev–Trinajstić information content (AvgIpc) is 2.08. The van der Waals surface area contributed by atoms with Crippen LogP contribution in [0.4, 0.5) is 4.39 Å². The zero-order chi connectivity index (χ0) is 9.14. The summed E-state index contributed by atoms with van der Waals surface area (Å²) in [6.45, 7) is 0. The highest BCUT2D eigenvalue weighted by Crippen LogP contribution is 2.16.